The van der Waals surface area contributed by atoms with Crippen LogP contribution in [0.2, 0.25) is 0 Å². The number of aromatic amines is 1. The van der Waals surface area contributed by atoms with Crippen LogP contribution in [0.25, 0.3) is 11.1 Å². The fraction of sp³-hybridized carbons (Fsp3) is 0.250. The summed E-state index contributed by atoms with van der Waals surface area (Å²) in [6.45, 7) is 3.08. The average molecular weight is 199 g/mol. The second-order valence-corrected chi connectivity index (χ2v) is 3.99. The summed E-state index contributed by atoms with van der Waals surface area (Å²) in [4.78, 5) is 0. The molecule has 0 amide bonds. The minimum absolute atomic E-state index is 0.964. The number of anilines is 1. The van der Waals surface area contributed by atoms with E-state index in [1.807, 2.05) is 6.20 Å². The van der Waals surface area contributed by atoms with Crippen LogP contribution in [0, 0.1) is 6.92 Å². The van der Waals surface area contributed by atoms with Gasteiger partial charge in [0.2, 0.25) is 0 Å². The third kappa shape index (κ3) is 1.31. The average Bonchev–Trinajstić information content (AvgIpc) is 2.62. The normalized spacial score (nSPS) is 13.7. The highest BCUT2D eigenvalue weighted by molar-refractivity contribution is 5.80. The standard InChI is InChI=1S/C12H13N3/c1-8-2-3-11-9(6-8)10-7-14-15-12(10)4-5-13-11/h2-3,6-7,13H,4-5H2,1H3,(H,14,15). The van der Waals surface area contributed by atoms with Crippen molar-refractivity contribution in [3.8, 4) is 11.1 Å². The maximum absolute atomic E-state index is 4.12. The summed E-state index contributed by atoms with van der Waals surface area (Å²) >= 11 is 0. The largest absolute Gasteiger partial charge is 0.384 e. The van der Waals surface area contributed by atoms with Crippen LogP contribution in [0.4, 0.5) is 5.69 Å². The number of rotatable bonds is 0. The Bertz CT molecular complexity index is 499. The van der Waals surface area contributed by atoms with E-state index >= 15 is 0 Å². The monoisotopic (exact) mass is 199 g/mol. The summed E-state index contributed by atoms with van der Waals surface area (Å²) < 4.78 is 0. The lowest BCUT2D eigenvalue weighted by molar-refractivity contribution is 0.936. The SMILES string of the molecule is Cc1ccc2c(c1)-c1cn[nH]c1CCN2. The molecule has 3 rings (SSSR count). The molecule has 0 saturated carbocycles. The van der Waals surface area contributed by atoms with Crippen molar-refractivity contribution >= 4 is 5.69 Å². The summed E-state index contributed by atoms with van der Waals surface area (Å²) in [7, 11) is 0. The molecule has 1 aliphatic heterocycles. The minimum Gasteiger partial charge on any atom is -0.384 e. The molecular weight excluding hydrogens is 186 g/mol. The number of hydrogen-bond acceptors (Lipinski definition) is 2. The smallest absolute Gasteiger partial charge is 0.0569 e. The molecule has 2 aromatic rings. The van der Waals surface area contributed by atoms with Crippen molar-refractivity contribution in [2.75, 3.05) is 11.9 Å². The van der Waals surface area contributed by atoms with Crippen LogP contribution in [-0.2, 0) is 6.42 Å². The van der Waals surface area contributed by atoms with Crippen molar-refractivity contribution in [3.63, 3.8) is 0 Å². The van der Waals surface area contributed by atoms with Gasteiger partial charge in [-0.25, -0.2) is 0 Å². The minimum atomic E-state index is 0.964. The van der Waals surface area contributed by atoms with Gasteiger partial charge in [-0.3, -0.25) is 5.10 Å². The van der Waals surface area contributed by atoms with Crippen LogP contribution in [0.3, 0.4) is 0 Å². The highest BCUT2D eigenvalue weighted by atomic mass is 15.1. The molecule has 0 atom stereocenters. The van der Waals surface area contributed by atoms with Crippen LogP contribution < -0.4 is 5.32 Å². The number of hydrogen-bond donors (Lipinski definition) is 2. The van der Waals surface area contributed by atoms with E-state index in [-0.39, 0.29) is 0 Å². The topological polar surface area (TPSA) is 40.7 Å². The summed E-state index contributed by atoms with van der Waals surface area (Å²) in [5.41, 5.74) is 6.21. The van der Waals surface area contributed by atoms with Gasteiger partial charge in [0.25, 0.3) is 0 Å². The second-order valence-electron chi connectivity index (χ2n) is 3.99. The van der Waals surface area contributed by atoms with E-state index in [4.69, 9.17) is 0 Å². The van der Waals surface area contributed by atoms with Gasteiger partial charge in [-0.05, 0) is 19.1 Å². The molecular formula is C12H13N3. The Labute approximate surface area is 88.5 Å². The second kappa shape index (κ2) is 3.12. The maximum atomic E-state index is 4.12. The van der Waals surface area contributed by atoms with Crippen molar-refractivity contribution in [2.45, 2.75) is 13.3 Å². The summed E-state index contributed by atoms with van der Waals surface area (Å²) in [6, 6.07) is 6.49. The van der Waals surface area contributed by atoms with E-state index in [0.717, 1.165) is 13.0 Å². The zero-order chi connectivity index (χ0) is 10.3. The van der Waals surface area contributed by atoms with Crippen LogP contribution >= 0.6 is 0 Å². The number of H-pyrrole nitrogens is 1. The van der Waals surface area contributed by atoms with Gasteiger partial charge in [0.15, 0.2) is 0 Å². The molecule has 3 nitrogen and oxygen atoms in total. The molecule has 2 heterocycles. The first-order chi connectivity index (χ1) is 7.34. The zero-order valence-electron chi connectivity index (χ0n) is 8.67. The zero-order valence-corrected chi connectivity index (χ0v) is 8.67. The number of aryl methyl sites for hydroxylation is 1. The molecule has 0 aliphatic carbocycles. The number of nitrogens with zero attached hydrogens (tertiary/aromatic N) is 1. The molecule has 2 N–H and O–H groups in total. The van der Waals surface area contributed by atoms with E-state index in [1.165, 1.54) is 28.1 Å². The van der Waals surface area contributed by atoms with Gasteiger partial charge >= 0.3 is 0 Å². The Morgan fingerprint density at radius 2 is 2.20 bits per heavy atom. The van der Waals surface area contributed by atoms with Gasteiger partial charge in [-0.15, -0.1) is 0 Å². The van der Waals surface area contributed by atoms with Gasteiger partial charge in [-0.1, -0.05) is 11.6 Å². The molecule has 0 unspecified atom stereocenters. The number of nitrogens with one attached hydrogen (secondary N) is 2. The maximum Gasteiger partial charge on any atom is 0.0569 e. The highest BCUT2D eigenvalue weighted by Gasteiger charge is 2.15. The Hall–Kier alpha value is -1.77. The molecule has 1 aliphatic rings. The van der Waals surface area contributed by atoms with Crippen LogP contribution in [0.1, 0.15) is 11.3 Å². The first-order valence-corrected chi connectivity index (χ1v) is 5.22. The molecule has 0 spiro atoms. The predicted octanol–water partition coefficient (Wildman–Crippen LogP) is 2.35. The lowest BCUT2D eigenvalue weighted by Crippen LogP contribution is -2.02. The van der Waals surface area contributed by atoms with Crippen molar-refractivity contribution in [1.29, 1.82) is 0 Å². The van der Waals surface area contributed by atoms with E-state index in [0.29, 0.717) is 0 Å². The van der Waals surface area contributed by atoms with Gasteiger partial charge < -0.3 is 5.32 Å². The lowest BCUT2D eigenvalue weighted by Gasteiger charge is -2.07. The summed E-state index contributed by atoms with van der Waals surface area (Å²) in [6.07, 6.45) is 2.92. The highest BCUT2D eigenvalue weighted by Crippen LogP contribution is 2.32. The van der Waals surface area contributed by atoms with Gasteiger partial charge in [0, 0.05) is 35.5 Å². The van der Waals surface area contributed by atoms with E-state index in [1.54, 1.807) is 0 Å². The molecule has 15 heavy (non-hydrogen) atoms. The van der Waals surface area contributed by atoms with Crippen molar-refractivity contribution < 1.29 is 0 Å². The Kier molecular flexibility index (Phi) is 1.78. The molecule has 76 valence electrons. The molecule has 3 heteroatoms. The van der Waals surface area contributed by atoms with Gasteiger partial charge in [-0.2, -0.15) is 5.10 Å². The van der Waals surface area contributed by atoms with E-state index < -0.39 is 0 Å². The first kappa shape index (κ1) is 8.53. The van der Waals surface area contributed by atoms with Crippen molar-refractivity contribution in [1.82, 2.24) is 10.2 Å². The Morgan fingerprint density at radius 3 is 3.13 bits per heavy atom. The fourth-order valence-corrected chi connectivity index (χ4v) is 2.09. The van der Waals surface area contributed by atoms with Crippen LogP contribution in [-0.4, -0.2) is 16.7 Å². The van der Waals surface area contributed by atoms with Crippen LogP contribution in [0.15, 0.2) is 24.4 Å². The molecule has 1 aromatic carbocycles. The Balaban J connectivity index is 2.27. The third-order valence-corrected chi connectivity index (χ3v) is 2.87. The van der Waals surface area contributed by atoms with E-state index in [9.17, 15) is 0 Å². The molecule has 0 radical (unpaired) electrons. The van der Waals surface area contributed by atoms with Gasteiger partial charge in [0.1, 0.15) is 0 Å². The molecule has 0 bridgehead atoms. The predicted molar refractivity (Wildman–Crippen MR) is 61.0 cm³/mol. The van der Waals surface area contributed by atoms with Crippen molar-refractivity contribution in [3.05, 3.63) is 35.7 Å². The van der Waals surface area contributed by atoms with Crippen LogP contribution in [0.5, 0.6) is 0 Å². The fourth-order valence-electron chi connectivity index (χ4n) is 2.09. The van der Waals surface area contributed by atoms with E-state index in [2.05, 4.69) is 40.6 Å². The quantitative estimate of drug-likeness (QED) is 0.683. The third-order valence-electron chi connectivity index (χ3n) is 2.87. The van der Waals surface area contributed by atoms with Gasteiger partial charge in [0.05, 0.1) is 6.20 Å². The lowest BCUT2D eigenvalue weighted by atomic mass is 10.0. The number of fused-ring (bicyclic) bond motifs is 3. The number of aromatic nitrogens is 2. The molecule has 1 aromatic heterocycles. The summed E-state index contributed by atoms with van der Waals surface area (Å²) in [5.74, 6) is 0. The Morgan fingerprint density at radius 1 is 1.27 bits per heavy atom. The molecule has 0 saturated heterocycles. The number of benzene rings is 1. The first-order valence-electron chi connectivity index (χ1n) is 5.22. The molecule has 0 fully saturated rings. The van der Waals surface area contributed by atoms with Crippen molar-refractivity contribution in [2.24, 2.45) is 0 Å². The summed E-state index contributed by atoms with van der Waals surface area (Å²) in [5, 5.41) is 10.6.